The van der Waals surface area contributed by atoms with Gasteiger partial charge in [0, 0.05) is 49.9 Å². The van der Waals surface area contributed by atoms with E-state index in [1.165, 1.54) is 5.82 Å². The summed E-state index contributed by atoms with van der Waals surface area (Å²) in [5, 5.41) is 3.00. The van der Waals surface area contributed by atoms with E-state index >= 15 is 0 Å². The molecule has 6 heteroatoms. The smallest absolute Gasteiger partial charge is 0.221 e. The minimum absolute atomic E-state index is 0.0876. The van der Waals surface area contributed by atoms with E-state index in [0.717, 1.165) is 50.3 Å². The average Bonchev–Trinajstić information content (AvgIpc) is 3.20. The molecule has 2 aromatic rings. The summed E-state index contributed by atoms with van der Waals surface area (Å²) in [7, 11) is 1.65. The maximum atomic E-state index is 12.2. The van der Waals surface area contributed by atoms with Crippen molar-refractivity contribution in [3.63, 3.8) is 0 Å². The van der Waals surface area contributed by atoms with Crippen LogP contribution >= 0.6 is 0 Å². The third-order valence-corrected chi connectivity index (χ3v) is 5.36. The van der Waals surface area contributed by atoms with Gasteiger partial charge in [-0.2, -0.15) is 0 Å². The van der Waals surface area contributed by atoms with Crippen molar-refractivity contribution in [1.82, 2.24) is 19.8 Å². The molecule has 27 heavy (non-hydrogen) atoms. The Morgan fingerprint density at radius 3 is 2.81 bits per heavy atom. The highest BCUT2D eigenvalue weighted by Crippen LogP contribution is 2.26. The zero-order chi connectivity index (χ0) is 19.1. The van der Waals surface area contributed by atoms with Gasteiger partial charge in [-0.15, -0.1) is 0 Å². The van der Waals surface area contributed by atoms with Crippen molar-refractivity contribution in [2.75, 3.05) is 26.7 Å². The second kappa shape index (κ2) is 9.55. The van der Waals surface area contributed by atoms with E-state index in [1.54, 1.807) is 7.11 Å². The number of para-hydroxylation sites is 1. The molecule has 1 aliphatic heterocycles. The van der Waals surface area contributed by atoms with Crippen LogP contribution in [0.2, 0.25) is 0 Å². The molecule has 0 spiro atoms. The second-order valence-corrected chi connectivity index (χ2v) is 7.03. The summed E-state index contributed by atoms with van der Waals surface area (Å²) in [6.45, 7) is 6.51. The molecule has 2 heterocycles. The predicted octanol–water partition coefficient (Wildman–Crippen LogP) is 2.80. The highest BCUT2D eigenvalue weighted by atomic mass is 16.5. The number of amides is 1. The summed E-state index contributed by atoms with van der Waals surface area (Å²) < 4.78 is 7.57. The minimum atomic E-state index is 0.0876. The van der Waals surface area contributed by atoms with Crippen molar-refractivity contribution >= 4 is 5.91 Å². The number of hydrogen-bond donors (Lipinski definition) is 1. The lowest BCUT2D eigenvalue weighted by Gasteiger charge is -2.31. The third kappa shape index (κ3) is 5.10. The number of piperidine rings is 1. The fourth-order valence-corrected chi connectivity index (χ4v) is 3.75. The molecule has 1 amide bonds. The van der Waals surface area contributed by atoms with Crippen LogP contribution < -0.4 is 10.1 Å². The first kappa shape index (κ1) is 19.4. The number of methoxy groups -OCH3 is 1. The van der Waals surface area contributed by atoms with Crippen LogP contribution in [0.3, 0.4) is 0 Å². The molecule has 0 bridgehead atoms. The van der Waals surface area contributed by atoms with E-state index in [0.29, 0.717) is 18.9 Å². The molecule has 0 radical (unpaired) electrons. The van der Waals surface area contributed by atoms with Gasteiger partial charge < -0.3 is 19.5 Å². The third-order valence-electron chi connectivity index (χ3n) is 5.36. The highest BCUT2D eigenvalue weighted by Gasteiger charge is 2.23. The van der Waals surface area contributed by atoms with E-state index < -0.39 is 0 Å². The lowest BCUT2D eigenvalue weighted by molar-refractivity contribution is -0.121. The van der Waals surface area contributed by atoms with Gasteiger partial charge in [0.25, 0.3) is 0 Å². The SMILES string of the molecule is CCn1ccnc1C1CCN(CCC(=O)NCc2ccccc2OC)CC1. The number of aromatic nitrogens is 2. The van der Waals surface area contributed by atoms with Gasteiger partial charge in [0.2, 0.25) is 5.91 Å². The first-order valence-electron chi connectivity index (χ1n) is 9.83. The fraction of sp³-hybridized carbons (Fsp3) is 0.524. The molecule has 0 atom stereocenters. The van der Waals surface area contributed by atoms with Crippen LogP contribution in [0.1, 0.15) is 43.5 Å². The Balaban J connectivity index is 1.39. The highest BCUT2D eigenvalue weighted by molar-refractivity contribution is 5.76. The van der Waals surface area contributed by atoms with Crippen LogP contribution in [0.25, 0.3) is 0 Å². The molecule has 1 aliphatic rings. The largest absolute Gasteiger partial charge is 0.496 e. The molecule has 1 N–H and O–H groups in total. The lowest BCUT2D eigenvalue weighted by Crippen LogP contribution is -2.36. The Kier molecular flexibility index (Phi) is 6.87. The number of imidazole rings is 1. The van der Waals surface area contributed by atoms with Gasteiger partial charge in [-0.1, -0.05) is 18.2 Å². The number of hydrogen-bond acceptors (Lipinski definition) is 4. The maximum absolute atomic E-state index is 12.2. The van der Waals surface area contributed by atoms with Crippen molar-refractivity contribution < 1.29 is 9.53 Å². The lowest BCUT2D eigenvalue weighted by atomic mass is 9.95. The van der Waals surface area contributed by atoms with Gasteiger partial charge >= 0.3 is 0 Å². The monoisotopic (exact) mass is 370 g/mol. The van der Waals surface area contributed by atoms with Crippen LogP contribution in [-0.4, -0.2) is 47.1 Å². The van der Waals surface area contributed by atoms with Crippen molar-refractivity contribution in [2.24, 2.45) is 0 Å². The Morgan fingerprint density at radius 1 is 1.30 bits per heavy atom. The van der Waals surface area contributed by atoms with E-state index in [4.69, 9.17) is 4.74 Å². The molecular formula is C21H30N4O2. The van der Waals surface area contributed by atoms with E-state index in [1.807, 2.05) is 30.5 Å². The van der Waals surface area contributed by atoms with Crippen molar-refractivity contribution in [3.8, 4) is 5.75 Å². The molecule has 146 valence electrons. The van der Waals surface area contributed by atoms with Crippen LogP contribution in [0.4, 0.5) is 0 Å². The topological polar surface area (TPSA) is 59.4 Å². The fourth-order valence-electron chi connectivity index (χ4n) is 3.75. The number of ether oxygens (including phenoxy) is 1. The number of likely N-dealkylation sites (tertiary alicyclic amines) is 1. The molecule has 3 rings (SSSR count). The number of benzene rings is 1. The predicted molar refractivity (Wildman–Crippen MR) is 106 cm³/mol. The summed E-state index contributed by atoms with van der Waals surface area (Å²) in [5.74, 6) is 2.65. The van der Waals surface area contributed by atoms with Gasteiger partial charge in [0.1, 0.15) is 11.6 Å². The Morgan fingerprint density at radius 2 is 2.07 bits per heavy atom. The van der Waals surface area contributed by atoms with Crippen LogP contribution in [-0.2, 0) is 17.9 Å². The summed E-state index contributed by atoms with van der Waals surface area (Å²) in [4.78, 5) is 19.1. The van der Waals surface area contributed by atoms with Crippen molar-refractivity contribution in [3.05, 3.63) is 48.0 Å². The van der Waals surface area contributed by atoms with E-state index in [9.17, 15) is 4.79 Å². The number of carbonyl (C=O) groups is 1. The zero-order valence-electron chi connectivity index (χ0n) is 16.4. The number of rotatable bonds is 8. The van der Waals surface area contributed by atoms with Gasteiger partial charge in [-0.3, -0.25) is 4.79 Å². The van der Waals surface area contributed by atoms with Gasteiger partial charge in [-0.25, -0.2) is 4.98 Å². The molecule has 0 unspecified atom stereocenters. The molecule has 0 aliphatic carbocycles. The molecule has 1 aromatic carbocycles. The van der Waals surface area contributed by atoms with Gasteiger partial charge in [-0.05, 0) is 38.9 Å². The Labute approximate surface area is 161 Å². The molecule has 1 fully saturated rings. The summed E-state index contributed by atoms with van der Waals surface area (Å²) in [5.41, 5.74) is 1.00. The van der Waals surface area contributed by atoms with E-state index in [2.05, 4.69) is 32.9 Å². The van der Waals surface area contributed by atoms with E-state index in [-0.39, 0.29) is 5.91 Å². The average molecular weight is 370 g/mol. The van der Waals surface area contributed by atoms with Gasteiger partial charge in [0.15, 0.2) is 0 Å². The maximum Gasteiger partial charge on any atom is 0.221 e. The van der Waals surface area contributed by atoms with Crippen molar-refractivity contribution in [1.29, 1.82) is 0 Å². The normalized spacial score (nSPS) is 15.6. The molecule has 0 saturated carbocycles. The van der Waals surface area contributed by atoms with Crippen LogP contribution in [0.5, 0.6) is 5.75 Å². The summed E-state index contributed by atoms with van der Waals surface area (Å²) >= 11 is 0. The number of nitrogens with zero attached hydrogens (tertiary/aromatic N) is 3. The molecule has 1 saturated heterocycles. The minimum Gasteiger partial charge on any atom is -0.496 e. The number of nitrogens with one attached hydrogen (secondary N) is 1. The summed E-state index contributed by atoms with van der Waals surface area (Å²) in [6.07, 6.45) is 6.72. The zero-order valence-corrected chi connectivity index (χ0v) is 16.4. The number of carbonyl (C=O) groups excluding carboxylic acids is 1. The summed E-state index contributed by atoms with van der Waals surface area (Å²) in [6, 6.07) is 7.78. The van der Waals surface area contributed by atoms with Crippen LogP contribution in [0, 0.1) is 0 Å². The quantitative estimate of drug-likeness (QED) is 0.776. The number of aryl methyl sites for hydroxylation is 1. The standard InChI is InChI=1S/C21H30N4O2/c1-3-25-15-11-22-21(25)17-8-12-24(13-9-17)14-10-20(26)23-16-18-6-4-5-7-19(18)27-2/h4-7,11,15,17H,3,8-10,12-14,16H2,1-2H3,(H,23,26). The van der Waals surface area contributed by atoms with Crippen LogP contribution in [0.15, 0.2) is 36.7 Å². The first-order chi connectivity index (χ1) is 13.2. The molecular weight excluding hydrogens is 340 g/mol. The second-order valence-electron chi connectivity index (χ2n) is 7.03. The first-order valence-corrected chi connectivity index (χ1v) is 9.83. The molecule has 6 nitrogen and oxygen atoms in total. The Bertz CT molecular complexity index is 735. The Hall–Kier alpha value is -2.34. The van der Waals surface area contributed by atoms with Crippen molar-refractivity contribution in [2.45, 2.75) is 45.2 Å². The van der Waals surface area contributed by atoms with Gasteiger partial charge in [0.05, 0.1) is 7.11 Å². The molecule has 1 aromatic heterocycles.